The van der Waals surface area contributed by atoms with Crippen molar-refractivity contribution in [2.24, 2.45) is 0 Å². The first kappa shape index (κ1) is 16.7. The van der Waals surface area contributed by atoms with Gasteiger partial charge in [0.2, 0.25) is 0 Å². The first-order valence-corrected chi connectivity index (χ1v) is 9.20. The molecule has 0 radical (unpaired) electrons. The number of morpholine rings is 1. The first-order valence-electron chi connectivity index (χ1n) is 7.32. The Kier molecular flexibility index (Phi) is 5.55. The van der Waals surface area contributed by atoms with E-state index in [9.17, 15) is 4.79 Å². The lowest BCUT2D eigenvalue weighted by molar-refractivity contribution is 0.102. The molecule has 0 spiro atoms. The SMILES string of the molecule is O=C(Nc1ccc(N2CCOCC2)cc1)c1cc(Br)ccc1I. The zero-order valence-electron chi connectivity index (χ0n) is 12.4. The molecule has 2 aromatic carbocycles. The largest absolute Gasteiger partial charge is 0.378 e. The average molecular weight is 487 g/mol. The third-order valence-corrected chi connectivity index (χ3v) is 5.11. The third-order valence-electron chi connectivity index (χ3n) is 3.67. The molecule has 4 nitrogen and oxygen atoms in total. The van der Waals surface area contributed by atoms with E-state index in [1.54, 1.807) is 0 Å². The summed E-state index contributed by atoms with van der Waals surface area (Å²) in [6.07, 6.45) is 0. The number of rotatable bonds is 3. The van der Waals surface area contributed by atoms with Crippen molar-refractivity contribution >= 4 is 55.8 Å². The van der Waals surface area contributed by atoms with Crippen molar-refractivity contribution in [1.29, 1.82) is 0 Å². The Morgan fingerprint density at radius 1 is 1.13 bits per heavy atom. The molecule has 6 heteroatoms. The lowest BCUT2D eigenvalue weighted by Gasteiger charge is -2.28. The van der Waals surface area contributed by atoms with Crippen LogP contribution in [0.3, 0.4) is 0 Å². The number of halogens is 2. The molecule has 0 atom stereocenters. The van der Waals surface area contributed by atoms with Gasteiger partial charge in [-0.15, -0.1) is 0 Å². The molecule has 0 bridgehead atoms. The van der Waals surface area contributed by atoms with E-state index in [2.05, 4.69) is 48.7 Å². The Hall–Kier alpha value is -1.12. The summed E-state index contributed by atoms with van der Waals surface area (Å²) in [6.45, 7) is 3.34. The summed E-state index contributed by atoms with van der Waals surface area (Å²) >= 11 is 5.57. The van der Waals surface area contributed by atoms with Crippen LogP contribution in [0.5, 0.6) is 0 Å². The van der Waals surface area contributed by atoms with Gasteiger partial charge < -0.3 is 15.0 Å². The van der Waals surface area contributed by atoms with E-state index >= 15 is 0 Å². The Labute approximate surface area is 157 Å². The number of amides is 1. The zero-order valence-corrected chi connectivity index (χ0v) is 16.1. The minimum absolute atomic E-state index is 0.102. The van der Waals surface area contributed by atoms with Gasteiger partial charge in [0.05, 0.1) is 18.8 Å². The molecule has 0 unspecified atom stereocenters. The maximum atomic E-state index is 12.4. The molecule has 120 valence electrons. The van der Waals surface area contributed by atoms with Gasteiger partial charge in [0.1, 0.15) is 0 Å². The fraction of sp³-hybridized carbons (Fsp3) is 0.235. The standard InChI is InChI=1S/C17H16BrIN2O2/c18-12-1-6-16(19)15(11-12)17(22)20-13-2-4-14(5-3-13)21-7-9-23-10-8-21/h1-6,11H,7-10H2,(H,20,22). The van der Waals surface area contributed by atoms with Gasteiger partial charge in [-0.2, -0.15) is 0 Å². The summed E-state index contributed by atoms with van der Waals surface area (Å²) in [6, 6.07) is 13.6. The number of ether oxygens (including phenoxy) is 1. The summed E-state index contributed by atoms with van der Waals surface area (Å²) in [7, 11) is 0. The second kappa shape index (κ2) is 7.63. The van der Waals surface area contributed by atoms with Crippen LogP contribution in [0, 0.1) is 3.57 Å². The summed E-state index contributed by atoms with van der Waals surface area (Å²) in [5, 5.41) is 2.95. The van der Waals surface area contributed by atoms with Crippen LogP contribution in [0.25, 0.3) is 0 Å². The van der Waals surface area contributed by atoms with E-state index in [4.69, 9.17) is 4.74 Å². The number of nitrogens with one attached hydrogen (secondary N) is 1. The highest BCUT2D eigenvalue weighted by molar-refractivity contribution is 14.1. The highest BCUT2D eigenvalue weighted by Crippen LogP contribution is 2.22. The van der Waals surface area contributed by atoms with E-state index in [-0.39, 0.29) is 5.91 Å². The van der Waals surface area contributed by atoms with Crippen molar-refractivity contribution in [1.82, 2.24) is 0 Å². The smallest absolute Gasteiger partial charge is 0.256 e. The van der Waals surface area contributed by atoms with Crippen molar-refractivity contribution in [2.75, 3.05) is 36.5 Å². The van der Waals surface area contributed by atoms with Gasteiger partial charge in [0.25, 0.3) is 5.91 Å². The van der Waals surface area contributed by atoms with E-state index in [0.717, 1.165) is 45.7 Å². The number of carbonyl (C=O) groups excluding carboxylic acids is 1. The summed E-state index contributed by atoms with van der Waals surface area (Å²) in [4.78, 5) is 14.7. The first-order chi connectivity index (χ1) is 11.1. The number of carbonyl (C=O) groups is 1. The number of hydrogen-bond donors (Lipinski definition) is 1. The lowest BCUT2D eigenvalue weighted by atomic mass is 10.2. The molecule has 1 fully saturated rings. The average Bonchev–Trinajstić information content (AvgIpc) is 2.58. The molecule has 1 aliphatic rings. The van der Waals surface area contributed by atoms with Crippen molar-refractivity contribution < 1.29 is 9.53 Å². The highest BCUT2D eigenvalue weighted by atomic mass is 127. The number of anilines is 2. The molecule has 1 amide bonds. The molecule has 23 heavy (non-hydrogen) atoms. The van der Waals surface area contributed by atoms with Gasteiger partial charge in [-0.05, 0) is 65.1 Å². The van der Waals surface area contributed by atoms with Gasteiger partial charge in [0, 0.05) is 32.5 Å². The van der Waals surface area contributed by atoms with Crippen LogP contribution in [0.4, 0.5) is 11.4 Å². The monoisotopic (exact) mass is 486 g/mol. The summed E-state index contributed by atoms with van der Waals surface area (Å²) in [5.41, 5.74) is 2.61. The Balaban J connectivity index is 1.70. The van der Waals surface area contributed by atoms with Crippen LogP contribution in [-0.4, -0.2) is 32.2 Å². The van der Waals surface area contributed by atoms with Crippen LogP contribution in [-0.2, 0) is 4.74 Å². The second-order valence-electron chi connectivity index (χ2n) is 5.22. The Bertz CT molecular complexity index is 700. The Morgan fingerprint density at radius 3 is 2.52 bits per heavy atom. The molecule has 0 aliphatic carbocycles. The van der Waals surface area contributed by atoms with Gasteiger partial charge >= 0.3 is 0 Å². The topological polar surface area (TPSA) is 41.6 Å². The van der Waals surface area contributed by atoms with Crippen LogP contribution < -0.4 is 10.2 Å². The number of hydrogen-bond acceptors (Lipinski definition) is 3. The molecule has 1 N–H and O–H groups in total. The van der Waals surface area contributed by atoms with Crippen LogP contribution >= 0.6 is 38.5 Å². The van der Waals surface area contributed by atoms with Gasteiger partial charge in [-0.25, -0.2) is 0 Å². The Morgan fingerprint density at radius 2 is 1.83 bits per heavy atom. The third kappa shape index (κ3) is 4.24. The van der Waals surface area contributed by atoms with E-state index in [0.29, 0.717) is 5.56 Å². The van der Waals surface area contributed by atoms with E-state index < -0.39 is 0 Å². The highest BCUT2D eigenvalue weighted by Gasteiger charge is 2.13. The quantitative estimate of drug-likeness (QED) is 0.663. The normalized spacial score (nSPS) is 14.6. The van der Waals surface area contributed by atoms with Gasteiger partial charge in [-0.1, -0.05) is 15.9 Å². The summed E-state index contributed by atoms with van der Waals surface area (Å²) in [5.74, 6) is -0.102. The molecular weight excluding hydrogens is 471 g/mol. The van der Waals surface area contributed by atoms with Crippen molar-refractivity contribution in [3.8, 4) is 0 Å². The molecule has 1 saturated heterocycles. The predicted octanol–water partition coefficient (Wildman–Crippen LogP) is 4.14. The zero-order chi connectivity index (χ0) is 16.2. The van der Waals surface area contributed by atoms with E-state index in [1.165, 1.54) is 0 Å². The van der Waals surface area contributed by atoms with Crippen molar-refractivity contribution in [3.05, 3.63) is 56.1 Å². The maximum Gasteiger partial charge on any atom is 0.256 e. The minimum atomic E-state index is -0.102. The molecular formula is C17H16BrIN2O2. The maximum absolute atomic E-state index is 12.4. The lowest BCUT2D eigenvalue weighted by Crippen LogP contribution is -2.36. The van der Waals surface area contributed by atoms with Gasteiger partial charge in [0.15, 0.2) is 0 Å². The molecule has 0 saturated carbocycles. The van der Waals surface area contributed by atoms with Crippen molar-refractivity contribution in [3.63, 3.8) is 0 Å². The molecule has 0 aromatic heterocycles. The summed E-state index contributed by atoms with van der Waals surface area (Å²) < 4.78 is 7.18. The molecule has 1 aliphatic heterocycles. The number of benzene rings is 2. The van der Waals surface area contributed by atoms with Crippen LogP contribution in [0.15, 0.2) is 46.9 Å². The van der Waals surface area contributed by atoms with E-state index in [1.807, 2.05) is 42.5 Å². The fourth-order valence-electron chi connectivity index (χ4n) is 2.45. The fourth-order valence-corrected chi connectivity index (χ4v) is 3.39. The number of nitrogens with zero attached hydrogens (tertiary/aromatic N) is 1. The second-order valence-corrected chi connectivity index (χ2v) is 7.30. The molecule has 1 heterocycles. The molecule has 3 rings (SSSR count). The molecule has 2 aromatic rings. The van der Waals surface area contributed by atoms with Crippen LogP contribution in [0.1, 0.15) is 10.4 Å². The minimum Gasteiger partial charge on any atom is -0.378 e. The predicted molar refractivity (Wildman–Crippen MR) is 104 cm³/mol. The van der Waals surface area contributed by atoms with Crippen molar-refractivity contribution in [2.45, 2.75) is 0 Å². The van der Waals surface area contributed by atoms with Crippen LogP contribution in [0.2, 0.25) is 0 Å². The van der Waals surface area contributed by atoms with Gasteiger partial charge in [-0.3, -0.25) is 4.79 Å².